The average molecular weight is 446 g/mol. The van der Waals surface area contributed by atoms with E-state index in [1.165, 1.54) is 0 Å². The van der Waals surface area contributed by atoms with Crippen LogP contribution in [-0.4, -0.2) is 227 Å². The van der Waals surface area contributed by atoms with Gasteiger partial charge in [0.1, 0.15) is 0 Å². The minimum atomic E-state index is -4.67. The molecule has 18 heteroatoms. The Morgan fingerprint density at radius 3 is 0.667 bits per heavy atom. The van der Waals surface area contributed by atoms with Crippen molar-refractivity contribution in [1.29, 1.82) is 0 Å². The average Bonchev–Trinajstić information content (AvgIpc) is 1.86. The topological polar surface area (TPSA) is 186 Å². The minimum absolute atomic E-state index is 0. The molecule has 0 rings (SSSR count). The van der Waals surface area contributed by atoms with Crippen LogP contribution in [0.2, 0.25) is 0 Å². The first-order valence-corrected chi connectivity index (χ1v) is 6.54. The zero-order valence-electron chi connectivity index (χ0n) is 17.2. The second-order valence-corrected chi connectivity index (χ2v) is 2.29. The first-order chi connectivity index (χ1) is 6.24. The van der Waals surface area contributed by atoms with Crippen LogP contribution in [0.25, 0.3) is 0 Å². The molecule has 0 aromatic rings. The first-order valence-electron chi connectivity index (χ1n) is 2.18. The molecule has 0 amide bonds. The van der Waals surface area contributed by atoms with Crippen molar-refractivity contribution in [3.63, 3.8) is 0 Å². The van der Waals surface area contributed by atoms with Crippen molar-refractivity contribution in [2.75, 3.05) is 0 Å². The Hall–Kier alpha value is 5.31. The van der Waals surface area contributed by atoms with E-state index in [1.54, 1.807) is 0 Å². The molecule has 0 bridgehead atoms. The van der Waals surface area contributed by atoms with Crippen molar-refractivity contribution in [2.45, 2.75) is 0 Å². The van der Waals surface area contributed by atoms with Crippen LogP contribution in [0.1, 0.15) is 11.4 Å². The Morgan fingerprint density at radius 2 is 0.667 bits per heavy atom. The molecule has 18 heavy (non-hydrogen) atoms. The maximum absolute atomic E-state index is 8.74. The van der Waals surface area contributed by atoms with Crippen LogP contribution < -0.4 is 0 Å². The molecule has 0 aliphatic heterocycles. The summed E-state index contributed by atoms with van der Waals surface area (Å²) < 4.78 is 78.6. The van der Waals surface area contributed by atoms with Crippen molar-refractivity contribution in [1.82, 2.24) is 0 Å². The van der Waals surface area contributed by atoms with Crippen LogP contribution in [0.3, 0.4) is 0 Å². The third-order valence-electron chi connectivity index (χ3n) is 0. The quantitative estimate of drug-likeness (QED) is 0.179. The molecule has 0 unspecified atom stereocenters. The molecular weight excluding hydrogens is 433 g/mol. The van der Waals surface area contributed by atoms with Crippen molar-refractivity contribution in [2.24, 2.45) is 0 Å². The molecule has 96 valence electrons. The van der Waals surface area contributed by atoms with E-state index < -0.39 is 56.9 Å². The molecule has 0 heterocycles. The predicted molar refractivity (Wildman–Crippen MR) is 72.1 cm³/mol. The van der Waals surface area contributed by atoms with Gasteiger partial charge < -0.3 is 11.4 Å². The van der Waals surface area contributed by atoms with Gasteiger partial charge in [0.05, 0.1) is 0 Å². The van der Waals surface area contributed by atoms with E-state index in [0.29, 0.717) is 0 Å². The summed E-state index contributed by atoms with van der Waals surface area (Å²) in [6.07, 6.45) is 0. The number of rotatable bonds is 0. The van der Waals surface area contributed by atoms with Gasteiger partial charge in [-0.05, 0) is 0 Å². The van der Waals surface area contributed by atoms with Crippen LogP contribution in [0.15, 0.2) is 0 Å². The summed E-state index contributed by atoms with van der Waals surface area (Å²) in [5, 5.41) is 0. The standard InChI is InChI=1S/3Al.4Ca.H2O4S.3H2O.3O.8H/c;;;;;;;1-5(2,3)4;;;;;;;;;;;;;;/h;;;;;;;(H2,1,2,3,4);3*1H2;;;;;;;;;;;/q3*+1;4*+2;;;;;;;;8*-1/p-3. The second-order valence-electron chi connectivity index (χ2n) is 0.764. The van der Waals surface area contributed by atoms with Gasteiger partial charge in [-0.1, -0.05) is 0 Å². The fourth-order valence-corrected chi connectivity index (χ4v) is 0. The summed E-state index contributed by atoms with van der Waals surface area (Å²) in [4.78, 5) is 0. The summed E-state index contributed by atoms with van der Waals surface area (Å²) in [5.41, 5.74) is 0. The van der Waals surface area contributed by atoms with E-state index in [2.05, 4.69) is 0 Å². The van der Waals surface area contributed by atoms with Gasteiger partial charge in [0.2, 0.25) is 0 Å². The summed E-state index contributed by atoms with van der Waals surface area (Å²) in [6.45, 7) is 0. The molecule has 0 aliphatic carbocycles. The molecule has 10 nitrogen and oxygen atoms in total. The molecular formula is H13Al3Ca4O10S. The van der Waals surface area contributed by atoms with E-state index in [4.69, 9.17) is 41.4 Å². The molecule has 0 spiro atoms. The van der Waals surface area contributed by atoms with E-state index >= 15 is 0 Å². The Balaban J connectivity index is -0.00000000322. The van der Waals surface area contributed by atoms with Crippen LogP contribution in [0, 0.1) is 0 Å². The van der Waals surface area contributed by atoms with Gasteiger partial charge in [-0.2, -0.15) is 8.42 Å². The van der Waals surface area contributed by atoms with Gasteiger partial charge in [0, 0.05) is 0 Å². The van der Waals surface area contributed by atoms with Gasteiger partial charge in [-0.25, -0.2) is 0 Å². The van der Waals surface area contributed by atoms with Crippen molar-refractivity contribution >= 4 is 208 Å². The molecule has 0 aromatic heterocycles. The van der Waals surface area contributed by atoms with Gasteiger partial charge in [0.15, 0.2) is 0 Å². The van der Waals surface area contributed by atoms with Crippen molar-refractivity contribution < 1.29 is 52.8 Å². The third-order valence-corrected chi connectivity index (χ3v) is 0. The molecule has 0 fully saturated rings. The van der Waals surface area contributed by atoms with Crippen LogP contribution >= 0.6 is 0 Å². The SMILES string of the molecule is O=S(=O)(O)O.[Ca+2].[Ca+2].[Ca+2].[Ca+2].[H-].[H-].[H-].[H-].[H-].[H-].[H-].[H-].[O]=[Al][OH].[O]=[Al][OH].[O]=[Al][OH]. The molecule has 0 radical (unpaired) electrons. The van der Waals surface area contributed by atoms with Crippen LogP contribution in [0.4, 0.5) is 0 Å². The Morgan fingerprint density at radius 1 is 0.667 bits per heavy atom. The third kappa shape index (κ3) is 312. The summed E-state index contributed by atoms with van der Waals surface area (Å²) in [6, 6.07) is 0. The van der Waals surface area contributed by atoms with E-state index in [0.717, 1.165) is 0 Å². The zero-order valence-corrected chi connectivity index (χ0v) is 22.4. The zero-order chi connectivity index (χ0) is 12.6. The fourth-order valence-electron chi connectivity index (χ4n) is 0. The van der Waals surface area contributed by atoms with E-state index in [1.807, 2.05) is 0 Å². The molecule has 0 saturated carbocycles. The summed E-state index contributed by atoms with van der Waals surface area (Å²) in [5.74, 6) is 0. The molecule has 5 N–H and O–H groups in total. The summed E-state index contributed by atoms with van der Waals surface area (Å²) >= 11 is -4.50. The van der Waals surface area contributed by atoms with E-state index in [9.17, 15) is 0 Å². The van der Waals surface area contributed by atoms with Crippen molar-refractivity contribution in [3.8, 4) is 0 Å². The molecule has 0 saturated heterocycles. The van der Waals surface area contributed by atoms with Gasteiger partial charge in [-0.15, -0.1) is 0 Å². The van der Waals surface area contributed by atoms with Gasteiger partial charge >= 0.3 is 232 Å². The fraction of sp³-hybridized carbons (Fsp3) is 0. The predicted octanol–water partition coefficient (Wildman–Crippen LogP) is -4.45. The van der Waals surface area contributed by atoms with E-state index in [-0.39, 0.29) is 162 Å². The monoisotopic (exact) mass is 446 g/mol. The Labute approximate surface area is 254 Å². The Kier molecular flexibility index (Phi) is 136. The molecule has 0 atom stereocenters. The first kappa shape index (κ1) is 49.5. The van der Waals surface area contributed by atoms with Crippen LogP contribution in [-0.2, 0) is 21.8 Å². The number of hydrogen-bond acceptors (Lipinski definition) is 5. The second kappa shape index (κ2) is 49.5. The maximum atomic E-state index is 8.74. The van der Waals surface area contributed by atoms with Crippen molar-refractivity contribution in [3.05, 3.63) is 0 Å². The summed E-state index contributed by atoms with van der Waals surface area (Å²) in [7, 11) is -4.67. The van der Waals surface area contributed by atoms with Gasteiger partial charge in [-0.3, -0.25) is 9.11 Å². The Bertz CT molecular complexity index is 218. The molecule has 0 aromatic carbocycles. The molecule has 0 aliphatic rings. The van der Waals surface area contributed by atoms with Gasteiger partial charge in [0.25, 0.3) is 0 Å². The number of hydrogen-bond donors (Lipinski definition) is 5. The normalized spacial score (nSPS) is 4.56. The van der Waals surface area contributed by atoms with Crippen LogP contribution in [0.5, 0.6) is 0 Å².